The van der Waals surface area contributed by atoms with Gasteiger partial charge in [-0.2, -0.15) is 0 Å². The average molecular weight is 391 g/mol. The van der Waals surface area contributed by atoms with Gasteiger partial charge < -0.3 is 4.43 Å². The lowest BCUT2D eigenvalue weighted by Crippen LogP contribution is -2.51. The molecule has 0 aromatic rings. The van der Waals surface area contributed by atoms with Crippen LogP contribution in [0.15, 0.2) is 23.8 Å². The number of rotatable bonds is 7. The Morgan fingerprint density at radius 1 is 1.11 bits per heavy atom. The zero-order valence-corrected chi connectivity index (χ0v) is 20.2. The van der Waals surface area contributed by atoms with Crippen LogP contribution in [0, 0.1) is 16.7 Å². The average Bonchev–Trinajstić information content (AvgIpc) is 2.56. The van der Waals surface area contributed by atoms with Crippen LogP contribution in [0.4, 0.5) is 0 Å². The summed E-state index contributed by atoms with van der Waals surface area (Å²) in [7, 11) is -1.88. The minimum absolute atomic E-state index is 0.0174. The fraction of sp³-hybridized carbons (Fsp3) is 0.792. The molecule has 0 bridgehead atoms. The Morgan fingerprint density at radius 3 is 2.19 bits per heavy atom. The van der Waals surface area contributed by atoms with E-state index in [0.717, 1.165) is 19.3 Å². The molecule has 0 unspecified atom stereocenters. The van der Waals surface area contributed by atoms with Crippen LogP contribution in [-0.2, 0) is 9.22 Å². The fourth-order valence-electron chi connectivity index (χ4n) is 6.34. The van der Waals surface area contributed by atoms with Crippen molar-refractivity contribution in [1.29, 1.82) is 0 Å². The van der Waals surface area contributed by atoms with Gasteiger partial charge >= 0.3 is 0 Å². The molecule has 0 aromatic carbocycles. The minimum Gasteiger partial charge on any atom is -0.416 e. The maximum absolute atomic E-state index is 13.0. The molecule has 0 amide bonds. The van der Waals surface area contributed by atoms with Crippen LogP contribution in [0.3, 0.4) is 0 Å². The second kappa shape index (κ2) is 7.98. The summed E-state index contributed by atoms with van der Waals surface area (Å²) in [5.74, 6) is 0.679. The molecule has 27 heavy (non-hydrogen) atoms. The molecule has 0 spiro atoms. The van der Waals surface area contributed by atoms with Gasteiger partial charge in [-0.05, 0) is 54.8 Å². The molecule has 2 aliphatic carbocycles. The minimum atomic E-state index is -1.88. The number of fused-ring (bicyclic) bond motifs is 1. The van der Waals surface area contributed by atoms with Crippen molar-refractivity contribution in [3.05, 3.63) is 23.8 Å². The summed E-state index contributed by atoms with van der Waals surface area (Å²) >= 11 is 0. The standard InChI is InChI=1S/C24H42O2Si/c1-17(2)27(18(3)4,19(5)6)26-16-15-24(9)21-12-10-11-20(7)23(21,8)14-13-22(24)25/h11,13-14,17-19,21H,10,12,15-16H2,1-9H3/t21-,23-,24+/m1/s1. The molecule has 2 nitrogen and oxygen atoms in total. The first-order valence-corrected chi connectivity index (χ1v) is 13.1. The van der Waals surface area contributed by atoms with Crippen LogP contribution in [0.5, 0.6) is 0 Å². The van der Waals surface area contributed by atoms with E-state index in [1.165, 1.54) is 5.57 Å². The largest absolute Gasteiger partial charge is 0.416 e. The van der Waals surface area contributed by atoms with Crippen LogP contribution < -0.4 is 0 Å². The van der Waals surface area contributed by atoms with E-state index in [2.05, 4.69) is 74.5 Å². The van der Waals surface area contributed by atoms with Crippen molar-refractivity contribution in [2.45, 2.75) is 98.2 Å². The highest BCUT2D eigenvalue weighted by atomic mass is 28.4. The second-order valence-electron chi connectivity index (χ2n) is 10.3. The Morgan fingerprint density at radius 2 is 1.67 bits per heavy atom. The Hall–Kier alpha value is -0.673. The Balaban J connectivity index is 2.24. The normalized spacial score (nSPS) is 31.6. The lowest BCUT2D eigenvalue weighted by atomic mass is 9.52. The monoisotopic (exact) mass is 390 g/mol. The van der Waals surface area contributed by atoms with Crippen LogP contribution in [-0.4, -0.2) is 20.7 Å². The summed E-state index contributed by atoms with van der Waals surface area (Å²) < 4.78 is 6.82. The van der Waals surface area contributed by atoms with Gasteiger partial charge in [-0.1, -0.05) is 73.1 Å². The lowest BCUT2D eigenvalue weighted by Gasteiger charge is -2.51. The van der Waals surface area contributed by atoms with E-state index in [0.29, 0.717) is 34.9 Å². The van der Waals surface area contributed by atoms with Gasteiger partial charge in [0.15, 0.2) is 14.1 Å². The maximum Gasteiger partial charge on any atom is 0.200 e. The van der Waals surface area contributed by atoms with Crippen molar-refractivity contribution in [2.75, 3.05) is 6.61 Å². The first-order valence-electron chi connectivity index (χ1n) is 11.0. The highest BCUT2D eigenvalue weighted by molar-refractivity contribution is 6.77. The van der Waals surface area contributed by atoms with E-state index in [1.807, 2.05) is 6.08 Å². The molecule has 0 saturated carbocycles. The Labute approximate surface area is 169 Å². The quantitative estimate of drug-likeness (QED) is 0.343. The molecule has 0 saturated heterocycles. The van der Waals surface area contributed by atoms with Gasteiger partial charge in [0.05, 0.1) is 0 Å². The van der Waals surface area contributed by atoms with E-state index in [9.17, 15) is 4.79 Å². The second-order valence-corrected chi connectivity index (χ2v) is 15.8. The number of hydrogen-bond donors (Lipinski definition) is 0. The summed E-state index contributed by atoms with van der Waals surface area (Å²) in [6.45, 7) is 21.4. The molecule has 2 rings (SSSR count). The molecule has 3 atom stereocenters. The zero-order chi connectivity index (χ0) is 20.6. The van der Waals surface area contributed by atoms with Crippen molar-refractivity contribution in [3.63, 3.8) is 0 Å². The van der Waals surface area contributed by atoms with Gasteiger partial charge in [0.2, 0.25) is 0 Å². The smallest absolute Gasteiger partial charge is 0.200 e. The van der Waals surface area contributed by atoms with Crippen molar-refractivity contribution >= 4 is 14.1 Å². The van der Waals surface area contributed by atoms with Crippen molar-refractivity contribution in [1.82, 2.24) is 0 Å². The van der Waals surface area contributed by atoms with E-state index in [-0.39, 0.29) is 10.8 Å². The maximum atomic E-state index is 13.0. The lowest BCUT2D eigenvalue weighted by molar-refractivity contribution is -0.131. The van der Waals surface area contributed by atoms with Gasteiger partial charge in [-0.15, -0.1) is 0 Å². The van der Waals surface area contributed by atoms with Gasteiger partial charge in [-0.3, -0.25) is 4.79 Å². The summed E-state index contributed by atoms with van der Waals surface area (Å²) in [6.07, 6.45) is 9.42. The van der Waals surface area contributed by atoms with Crippen molar-refractivity contribution < 1.29 is 9.22 Å². The molecule has 0 heterocycles. The predicted octanol–water partition coefficient (Wildman–Crippen LogP) is 7.08. The molecule has 3 heteroatoms. The van der Waals surface area contributed by atoms with Crippen molar-refractivity contribution in [2.24, 2.45) is 16.7 Å². The van der Waals surface area contributed by atoms with Crippen LogP contribution in [0.25, 0.3) is 0 Å². The Kier molecular flexibility index (Phi) is 6.69. The zero-order valence-electron chi connectivity index (χ0n) is 19.2. The van der Waals surface area contributed by atoms with E-state index >= 15 is 0 Å². The number of allylic oxidation sites excluding steroid dienone is 4. The summed E-state index contributed by atoms with van der Waals surface area (Å²) in [6, 6.07) is 0. The van der Waals surface area contributed by atoms with Crippen molar-refractivity contribution in [3.8, 4) is 0 Å². The predicted molar refractivity (Wildman–Crippen MR) is 118 cm³/mol. The molecular weight excluding hydrogens is 348 g/mol. The van der Waals surface area contributed by atoms with Crippen LogP contribution in [0.2, 0.25) is 16.6 Å². The van der Waals surface area contributed by atoms with Gasteiger partial charge in [-0.25, -0.2) is 0 Å². The number of hydrogen-bond acceptors (Lipinski definition) is 2. The highest BCUT2D eigenvalue weighted by Gasteiger charge is 2.52. The third-order valence-electron chi connectivity index (χ3n) is 8.07. The van der Waals surface area contributed by atoms with Gasteiger partial charge in [0, 0.05) is 17.4 Å². The summed E-state index contributed by atoms with van der Waals surface area (Å²) in [4.78, 5) is 13.0. The third kappa shape index (κ3) is 3.66. The molecular formula is C24H42O2Si. The molecule has 0 aromatic heterocycles. The van der Waals surface area contributed by atoms with E-state index in [4.69, 9.17) is 4.43 Å². The summed E-state index contributed by atoms with van der Waals surface area (Å²) in [5, 5.41) is 0. The topological polar surface area (TPSA) is 26.3 Å². The van der Waals surface area contributed by atoms with E-state index < -0.39 is 8.32 Å². The molecule has 154 valence electrons. The number of ketones is 1. The number of carbonyl (C=O) groups is 1. The SMILES string of the molecule is CC1=CCC[C@@H]2[C@]1(C)C=CC(=O)[C@@]2(C)CCO[Si](C(C)C)(C(C)C)C(C)C. The number of carbonyl (C=O) groups excluding carboxylic acids is 1. The van der Waals surface area contributed by atoms with E-state index in [1.54, 1.807) is 0 Å². The first-order chi connectivity index (χ1) is 12.4. The molecule has 0 radical (unpaired) electrons. The van der Waals surface area contributed by atoms with Crippen LogP contribution in [0.1, 0.15) is 81.6 Å². The molecule has 0 fully saturated rings. The molecule has 0 N–H and O–H groups in total. The Bertz CT molecular complexity index is 594. The van der Waals surface area contributed by atoms with Gasteiger partial charge in [0.1, 0.15) is 0 Å². The first kappa shape index (κ1) is 22.6. The van der Waals surface area contributed by atoms with Crippen LogP contribution >= 0.6 is 0 Å². The summed E-state index contributed by atoms with van der Waals surface area (Å²) in [5.41, 5.74) is 2.87. The molecule has 2 aliphatic rings. The third-order valence-corrected chi connectivity index (χ3v) is 14.2. The van der Waals surface area contributed by atoms with Gasteiger partial charge in [0.25, 0.3) is 0 Å². The fourth-order valence-corrected chi connectivity index (χ4v) is 11.8. The molecule has 0 aliphatic heterocycles. The highest BCUT2D eigenvalue weighted by Crippen LogP contribution is 2.55.